The summed E-state index contributed by atoms with van der Waals surface area (Å²) in [6, 6.07) is 17.7. The van der Waals surface area contributed by atoms with E-state index in [1.165, 1.54) is 29.5 Å². The van der Waals surface area contributed by atoms with Crippen LogP contribution in [0.25, 0.3) is 10.8 Å². The van der Waals surface area contributed by atoms with E-state index in [0.717, 1.165) is 4.88 Å². The predicted molar refractivity (Wildman–Crippen MR) is 109 cm³/mol. The normalized spacial score (nSPS) is 11.2. The van der Waals surface area contributed by atoms with Gasteiger partial charge in [0.1, 0.15) is 0 Å². The minimum atomic E-state index is -3.76. The number of carbonyl (C=O) groups is 1. The first-order valence-corrected chi connectivity index (χ1v) is 10.7. The fraction of sp³-hybridized carbons (Fsp3) is 0. The van der Waals surface area contributed by atoms with Gasteiger partial charge in [-0.05, 0) is 41.8 Å². The summed E-state index contributed by atoms with van der Waals surface area (Å²) in [6.45, 7) is 0. The van der Waals surface area contributed by atoms with Crippen LogP contribution in [0.2, 0.25) is 0 Å². The zero-order valence-corrected chi connectivity index (χ0v) is 16.4. The summed E-state index contributed by atoms with van der Waals surface area (Å²) in [4.78, 5) is 13.4. The molecule has 2 aromatic heterocycles. The Bertz CT molecular complexity index is 1240. The van der Waals surface area contributed by atoms with E-state index in [4.69, 9.17) is 4.42 Å². The molecule has 0 radical (unpaired) electrons. The Hall–Kier alpha value is -3.50. The lowest BCUT2D eigenvalue weighted by molar-refractivity contribution is 0.102. The highest BCUT2D eigenvalue weighted by Gasteiger charge is 2.16. The molecule has 29 heavy (non-hydrogen) atoms. The van der Waals surface area contributed by atoms with Crippen LogP contribution >= 0.6 is 11.3 Å². The van der Waals surface area contributed by atoms with Gasteiger partial charge in [0.25, 0.3) is 21.8 Å². The third kappa shape index (κ3) is 4.33. The minimum Gasteiger partial charge on any atom is -0.402 e. The molecular formula is C19H14N4O4S2. The van der Waals surface area contributed by atoms with Crippen molar-refractivity contribution in [2.75, 3.05) is 10.0 Å². The number of amides is 1. The Morgan fingerprint density at radius 1 is 0.966 bits per heavy atom. The van der Waals surface area contributed by atoms with Crippen molar-refractivity contribution in [3.05, 3.63) is 77.7 Å². The minimum absolute atomic E-state index is 0.0475. The number of benzene rings is 2. The van der Waals surface area contributed by atoms with Gasteiger partial charge in [0.15, 0.2) is 0 Å². The fourth-order valence-corrected chi connectivity index (χ4v) is 4.20. The summed E-state index contributed by atoms with van der Waals surface area (Å²) in [6.07, 6.45) is 0. The molecule has 10 heteroatoms. The van der Waals surface area contributed by atoms with E-state index in [1.807, 2.05) is 17.5 Å². The maximum Gasteiger partial charge on any atom is 0.322 e. The SMILES string of the molecule is O=C(Nc1nnc(-c2cccs2)o1)c1cccc(NS(=O)(=O)c2ccccc2)c1. The first kappa shape index (κ1) is 18.8. The summed E-state index contributed by atoms with van der Waals surface area (Å²) >= 11 is 1.44. The van der Waals surface area contributed by atoms with Crippen molar-refractivity contribution in [3.63, 3.8) is 0 Å². The van der Waals surface area contributed by atoms with Crippen LogP contribution in [0.1, 0.15) is 10.4 Å². The monoisotopic (exact) mass is 426 g/mol. The van der Waals surface area contributed by atoms with Crippen molar-refractivity contribution in [1.82, 2.24) is 10.2 Å². The quantitative estimate of drug-likeness (QED) is 0.484. The zero-order valence-electron chi connectivity index (χ0n) is 14.8. The second-order valence-corrected chi connectivity index (χ2v) is 8.47. The lowest BCUT2D eigenvalue weighted by Crippen LogP contribution is -2.15. The van der Waals surface area contributed by atoms with Gasteiger partial charge in [-0.3, -0.25) is 14.8 Å². The number of nitrogens with one attached hydrogen (secondary N) is 2. The molecule has 2 N–H and O–H groups in total. The molecule has 0 aliphatic carbocycles. The number of anilines is 2. The van der Waals surface area contributed by atoms with E-state index >= 15 is 0 Å². The topological polar surface area (TPSA) is 114 Å². The van der Waals surface area contributed by atoms with Crippen LogP contribution in [-0.4, -0.2) is 24.5 Å². The van der Waals surface area contributed by atoms with Crippen molar-refractivity contribution in [1.29, 1.82) is 0 Å². The van der Waals surface area contributed by atoms with Crippen LogP contribution < -0.4 is 10.0 Å². The van der Waals surface area contributed by atoms with E-state index in [1.54, 1.807) is 36.4 Å². The Balaban J connectivity index is 1.49. The van der Waals surface area contributed by atoms with Crippen LogP contribution in [-0.2, 0) is 10.0 Å². The number of hydrogen-bond acceptors (Lipinski definition) is 7. The van der Waals surface area contributed by atoms with E-state index < -0.39 is 15.9 Å². The number of hydrogen-bond donors (Lipinski definition) is 2. The third-order valence-electron chi connectivity index (χ3n) is 3.81. The van der Waals surface area contributed by atoms with E-state index in [-0.39, 0.29) is 22.2 Å². The summed E-state index contributed by atoms with van der Waals surface area (Å²) in [5, 5.41) is 12.1. The Morgan fingerprint density at radius 2 is 1.79 bits per heavy atom. The van der Waals surface area contributed by atoms with Crippen molar-refractivity contribution >= 4 is 39.0 Å². The molecule has 0 saturated heterocycles. The summed E-state index contributed by atoms with van der Waals surface area (Å²) in [7, 11) is -3.76. The molecule has 0 atom stereocenters. The molecule has 4 aromatic rings. The number of rotatable bonds is 6. The molecular weight excluding hydrogens is 412 g/mol. The van der Waals surface area contributed by atoms with Gasteiger partial charge in [0.05, 0.1) is 9.77 Å². The Morgan fingerprint density at radius 3 is 2.55 bits per heavy atom. The number of thiophene rings is 1. The first-order valence-electron chi connectivity index (χ1n) is 8.38. The molecule has 0 aliphatic rings. The summed E-state index contributed by atoms with van der Waals surface area (Å²) in [5.74, 6) is -0.202. The van der Waals surface area contributed by atoms with Gasteiger partial charge >= 0.3 is 6.01 Å². The predicted octanol–water partition coefficient (Wildman–Crippen LogP) is 3.85. The van der Waals surface area contributed by atoms with Crippen molar-refractivity contribution in [2.24, 2.45) is 0 Å². The molecule has 0 unspecified atom stereocenters. The number of sulfonamides is 1. The standard InChI is InChI=1S/C19H14N4O4S2/c24-17(20-19-22-21-18(27-19)16-10-5-11-28-16)13-6-4-7-14(12-13)23-29(25,26)15-8-2-1-3-9-15/h1-12,23H,(H,20,22,24). The van der Waals surface area contributed by atoms with Crippen LogP contribution in [0.4, 0.5) is 11.7 Å². The molecule has 0 aliphatic heterocycles. The smallest absolute Gasteiger partial charge is 0.322 e. The molecule has 2 heterocycles. The largest absolute Gasteiger partial charge is 0.402 e. The first-order chi connectivity index (χ1) is 14.0. The second kappa shape index (κ2) is 7.86. The number of aromatic nitrogens is 2. The van der Waals surface area contributed by atoms with Crippen molar-refractivity contribution in [2.45, 2.75) is 4.90 Å². The van der Waals surface area contributed by atoms with Gasteiger partial charge in [-0.15, -0.1) is 16.4 Å². The average Bonchev–Trinajstić information content (AvgIpc) is 3.40. The lowest BCUT2D eigenvalue weighted by Gasteiger charge is -2.09. The highest BCUT2D eigenvalue weighted by atomic mass is 32.2. The molecule has 0 bridgehead atoms. The second-order valence-electron chi connectivity index (χ2n) is 5.84. The lowest BCUT2D eigenvalue weighted by atomic mass is 10.2. The van der Waals surface area contributed by atoms with E-state index in [9.17, 15) is 13.2 Å². The molecule has 0 fully saturated rings. The third-order valence-corrected chi connectivity index (χ3v) is 6.06. The summed E-state index contributed by atoms with van der Waals surface area (Å²) in [5.41, 5.74) is 0.487. The Kier molecular flexibility index (Phi) is 5.10. The summed E-state index contributed by atoms with van der Waals surface area (Å²) < 4.78 is 32.8. The van der Waals surface area contributed by atoms with Crippen LogP contribution in [0.5, 0.6) is 0 Å². The van der Waals surface area contributed by atoms with Gasteiger partial charge in [-0.25, -0.2) is 8.42 Å². The van der Waals surface area contributed by atoms with E-state index in [0.29, 0.717) is 5.89 Å². The van der Waals surface area contributed by atoms with Gasteiger partial charge < -0.3 is 4.42 Å². The van der Waals surface area contributed by atoms with Gasteiger partial charge in [-0.1, -0.05) is 35.4 Å². The van der Waals surface area contributed by atoms with Gasteiger partial charge in [-0.2, -0.15) is 0 Å². The fourth-order valence-electron chi connectivity index (χ4n) is 2.48. The zero-order chi connectivity index (χ0) is 20.3. The molecule has 0 saturated carbocycles. The number of carbonyl (C=O) groups excluding carboxylic acids is 1. The highest BCUT2D eigenvalue weighted by Crippen LogP contribution is 2.24. The van der Waals surface area contributed by atoms with Crippen molar-refractivity contribution < 1.29 is 17.6 Å². The van der Waals surface area contributed by atoms with Crippen LogP contribution in [0.3, 0.4) is 0 Å². The number of nitrogens with zero attached hydrogens (tertiary/aromatic N) is 2. The average molecular weight is 426 g/mol. The molecule has 1 amide bonds. The van der Waals surface area contributed by atoms with Gasteiger partial charge in [0.2, 0.25) is 0 Å². The molecule has 0 spiro atoms. The van der Waals surface area contributed by atoms with Crippen molar-refractivity contribution in [3.8, 4) is 10.8 Å². The molecule has 146 valence electrons. The van der Waals surface area contributed by atoms with Crippen LogP contribution in [0, 0.1) is 0 Å². The maximum absolute atomic E-state index is 12.5. The van der Waals surface area contributed by atoms with Crippen LogP contribution in [0.15, 0.2) is 81.4 Å². The van der Waals surface area contributed by atoms with Gasteiger partial charge in [0, 0.05) is 11.3 Å². The molecule has 4 rings (SSSR count). The molecule has 2 aromatic carbocycles. The Labute approximate surface area is 170 Å². The molecule has 8 nitrogen and oxygen atoms in total. The highest BCUT2D eigenvalue weighted by molar-refractivity contribution is 7.92. The maximum atomic E-state index is 12.5. The van der Waals surface area contributed by atoms with E-state index in [2.05, 4.69) is 20.2 Å².